The molecule has 0 radical (unpaired) electrons. The molecule has 0 spiro atoms. The zero-order valence-corrected chi connectivity index (χ0v) is 10.4. The third kappa shape index (κ3) is 3.62. The average molecular weight is 311 g/mol. The summed E-state index contributed by atoms with van der Waals surface area (Å²) in [5.41, 5.74) is -0.171. The van der Waals surface area contributed by atoms with E-state index in [4.69, 9.17) is 16.3 Å². The molecular weight excluding hydrogens is 301 g/mol. The molecule has 0 saturated carbocycles. The molecule has 1 atom stereocenters. The fraction of sp³-hybridized carbons (Fsp3) is 0.333. The standard InChI is InChI=1S/C9H9BrClNO4/c10-4-6(13)5-16-7-1-2-9(12(14)15)8(11)3-7/h1-3,6,13H,4-5H2. The summed E-state index contributed by atoms with van der Waals surface area (Å²) in [6.07, 6.45) is -0.631. The summed E-state index contributed by atoms with van der Waals surface area (Å²) < 4.78 is 5.19. The van der Waals surface area contributed by atoms with Crippen molar-refractivity contribution < 1.29 is 14.8 Å². The molecule has 1 aromatic rings. The Morgan fingerprint density at radius 1 is 1.62 bits per heavy atom. The van der Waals surface area contributed by atoms with Gasteiger partial charge in [0.15, 0.2) is 0 Å². The van der Waals surface area contributed by atoms with Gasteiger partial charge in [-0.3, -0.25) is 10.1 Å². The highest BCUT2D eigenvalue weighted by Crippen LogP contribution is 2.28. The molecule has 0 aliphatic rings. The Bertz CT molecular complexity index is 388. The Kier molecular flexibility index (Phi) is 4.98. The minimum Gasteiger partial charge on any atom is -0.491 e. The first-order valence-corrected chi connectivity index (χ1v) is 5.85. The van der Waals surface area contributed by atoms with E-state index in [1.807, 2.05) is 0 Å². The highest BCUT2D eigenvalue weighted by molar-refractivity contribution is 9.09. The van der Waals surface area contributed by atoms with E-state index in [2.05, 4.69) is 15.9 Å². The van der Waals surface area contributed by atoms with E-state index < -0.39 is 11.0 Å². The van der Waals surface area contributed by atoms with E-state index in [0.29, 0.717) is 11.1 Å². The van der Waals surface area contributed by atoms with Gasteiger partial charge in [0.2, 0.25) is 0 Å². The molecule has 0 bridgehead atoms. The minimum atomic E-state index is -0.631. The Labute approximate surface area is 105 Å². The zero-order chi connectivity index (χ0) is 12.1. The third-order valence-electron chi connectivity index (χ3n) is 1.74. The number of aliphatic hydroxyl groups is 1. The van der Waals surface area contributed by atoms with E-state index in [0.717, 1.165) is 0 Å². The van der Waals surface area contributed by atoms with E-state index in [9.17, 15) is 15.2 Å². The number of nitro groups is 1. The molecule has 0 fully saturated rings. The fourth-order valence-electron chi connectivity index (χ4n) is 0.962. The number of halogens is 2. The van der Waals surface area contributed by atoms with Gasteiger partial charge in [0, 0.05) is 17.5 Å². The second-order valence-corrected chi connectivity index (χ2v) is 4.04. The number of ether oxygens (including phenoxy) is 1. The highest BCUT2D eigenvalue weighted by Gasteiger charge is 2.13. The predicted molar refractivity (Wildman–Crippen MR) is 63.4 cm³/mol. The van der Waals surface area contributed by atoms with Crippen LogP contribution in [-0.4, -0.2) is 28.1 Å². The van der Waals surface area contributed by atoms with E-state index >= 15 is 0 Å². The summed E-state index contributed by atoms with van der Waals surface area (Å²) in [5.74, 6) is 0.385. The summed E-state index contributed by atoms with van der Waals surface area (Å²) in [6, 6.07) is 4.05. The quantitative estimate of drug-likeness (QED) is 0.515. The number of aliphatic hydroxyl groups excluding tert-OH is 1. The van der Waals surface area contributed by atoms with Gasteiger partial charge >= 0.3 is 0 Å². The van der Waals surface area contributed by atoms with Crippen molar-refractivity contribution in [1.29, 1.82) is 0 Å². The van der Waals surface area contributed by atoms with E-state index in [1.54, 1.807) is 0 Å². The zero-order valence-electron chi connectivity index (χ0n) is 8.10. The van der Waals surface area contributed by atoms with Crippen molar-refractivity contribution >= 4 is 33.2 Å². The lowest BCUT2D eigenvalue weighted by Crippen LogP contribution is -2.18. The van der Waals surface area contributed by atoms with Crippen molar-refractivity contribution in [3.63, 3.8) is 0 Å². The summed E-state index contributed by atoms with van der Waals surface area (Å²) in [6.45, 7) is 0.0966. The SMILES string of the molecule is O=[N+]([O-])c1ccc(OCC(O)CBr)cc1Cl. The molecule has 0 aliphatic carbocycles. The number of rotatable bonds is 5. The highest BCUT2D eigenvalue weighted by atomic mass is 79.9. The summed E-state index contributed by atoms with van der Waals surface area (Å²) in [5, 5.41) is 20.1. The Morgan fingerprint density at radius 3 is 2.81 bits per heavy atom. The molecule has 0 amide bonds. The summed E-state index contributed by atoms with van der Waals surface area (Å²) in [4.78, 5) is 9.91. The Morgan fingerprint density at radius 2 is 2.31 bits per heavy atom. The lowest BCUT2D eigenvalue weighted by molar-refractivity contribution is -0.384. The average Bonchev–Trinajstić information content (AvgIpc) is 2.25. The Balaban J connectivity index is 2.70. The van der Waals surface area contributed by atoms with Crippen LogP contribution in [-0.2, 0) is 0 Å². The first-order chi connectivity index (χ1) is 7.54. The number of hydrogen-bond acceptors (Lipinski definition) is 4. The van der Waals surface area contributed by atoms with E-state index in [-0.39, 0.29) is 17.3 Å². The van der Waals surface area contributed by atoms with Gasteiger partial charge in [-0.2, -0.15) is 0 Å². The van der Waals surface area contributed by atoms with Gasteiger partial charge in [-0.05, 0) is 6.07 Å². The molecule has 0 heterocycles. The van der Waals surface area contributed by atoms with Gasteiger partial charge < -0.3 is 9.84 Å². The lowest BCUT2D eigenvalue weighted by atomic mass is 10.3. The van der Waals surface area contributed by atoms with Gasteiger partial charge in [-0.15, -0.1) is 0 Å². The van der Waals surface area contributed by atoms with Gasteiger partial charge in [0.05, 0.1) is 11.0 Å². The molecule has 1 N–H and O–H groups in total. The van der Waals surface area contributed by atoms with Crippen LogP contribution in [0.3, 0.4) is 0 Å². The predicted octanol–water partition coefficient (Wildman–Crippen LogP) is 2.38. The Hall–Kier alpha value is -0.850. The molecular formula is C9H9BrClNO4. The number of nitrogens with zero attached hydrogens (tertiary/aromatic N) is 1. The molecule has 1 aromatic carbocycles. The largest absolute Gasteiger partial charge is 0.491 e. The van der Waals surface area contributed by atoms with Crippen LogP contribution < -0.4 is 4.74 Å². The molecule has 0 aromatic heterocycles. The maximum Gasteiger partial charge on any atom is 0.288 e. The topological polar surface area (TPSA) is 72.6 Å². The first-order valence-electron chi connectivity index (χ1n) is 4.35. The van der Waals surface area contributed by atoms with Crippen LogP contribution in [0.25, 0.3) is 0 Å². The van der Waals surface area contributed by atoms with Crippen LogP contribution in [0.4, 0.5) is 5.69 Å². The second-order valence-electron chi connectivity index (χ2n) is 2.99. The van der Waals surface area contributed by atoms with Crippen molar-refractivity contribution in [2.45, 2.75) is 6.10 Å². The molecule has 1 unspecified atom stereocenters. The smallest absolute Gasteiger partial charge is 0.288 e. The number of nitro benzene ring substituents is 1. The molecule has 16 heavy (non-hydrogen) atoms. The first kappa shape index (κ1) is 13.2. The van der Waals surface area contributed by atoms with Crippen molar-refractivity contribution in [2.24, 2.45) is 0 Å². The number of alkyl halides is 1. The number of hydrogen-bond donors (Lipinski definition) is 1. The lowest BCUT2D eigenvalue weighted by Gasteiger charge is -2.09. The molecule has 1 rings (SSSR count). The van der Waals surface area contributed by atoms with Crippen LogP contribution in [0.5, 0.6) is 5.75 Å². The summed E-state index contributed by atoms with van der Waals surface area (Å²) in [7, 11) is 0. The van der Waals surface area contributed by atoms with E-state index in [1.165, 1.54) is 18.2 Å². The van der Waals surface area contributed by atoms with Gasteiger partial charge in [-0.25, -0.2) is 0 Å². The summed E-state index contributed by atoms with van der Waals surface area (Å²) >= 11 is 8.77. The van der Waals surface area contributed by atoms with Crippen LogP contribution in [0.15, 0.2) is 18.2 Å². The van der Waals surface area contributed by atoms with Crippen LogP contribution >= 0.6 is 27.5 Å². The van der Waals surface area contributed by atoms with Gasteiger partial charge in [0.1, 0.15) is 17.4 Å². The normalized spacial score (nSPS) is 12.2. The molecule has 0 aliphatic heterocycles. The fourth-order valence-corrected chi connectivity index (χ4v) is 1.39. The molecule has 88 valence electrons. The maximum absolute atomic E-state index is 10.5. The van der Waals surface area contributed by atoms with Crippen molar-refractivity contribution in [1.82, 2.24) is 0 Å². The maximum atomic E-state index is 10.5. The van der Waals surface area contributed by atoms with Crippen LogP contribution in [0.1, 0.15) is 0 Å². The third-order valence-corrected chi connectivity index (χ3v) is 2.79. The van der Waals surface area contributed by atoms with Crippen LogP contribution in [0, 0.1) is 10.1 Å². The molecule has 0 saturated heterocycles. The van der Waals surface area contributed by atoms with Gasteiger partial charge in [-0.1, -0.05) is 27.5 Å². The monoisotopic (exact) mass is 309 g/mol. The second kappa shape index (κ2) is 6.03. The van der Waals surface area contributed by atoms with Crippen LogP contribution in [0.2, 0.25) is 5.02 Å². The van der Waals surface area contributed by atoms with Crippen molar-refractivity contribution in [2.75, 3.05) is 11.9 Å². The molecule has 5 nitrogen and oxygen atoms in total. The van der Waals surface area contributed by atoms with Crippen molar-refractivity contribution in [3.05, 3.63) is 33.3 Å². The van der Waals surface area contributed by atoms with Crippen molar-refractivity contribution in [3.8, 4) is 5.75 Å². The minimum absolute atomic E-state index is 0.0100. The molecule has 7 heteroatoms. The van der Waals surface area contributed by atoms with Gasteiger partial charge in [0.25, 0.3) is 5.69 Å². The number of benzene rings is 1.